The Kier molecular flexibility index (Phi) is 5.40. The van der Waals surface area contributed by atoms with E-state index in [1.165, 1.54) is 16.8 Å². The number of aliphatic hydroxyl groups excluding tert-OH is 1. The van der Waals surface area contributed by atoms with Crippen molar-refractivity contribution in [2.45, 2.75) is 38.8 Å². The number of nitrogens with one attached hydrogen (secondary N) is 1. The molecular weight excluding hydrogens is 387 g/mol. The van der Waals surface area contributed by atoms with Crippen molar-refractivity contribution >= 4 is 17.0 Å². The molecule has 7 nitrogen and oxygen atoms in total. The zero-order valence-electron chi connectivity index (χ0n) is 16.5. The first-order valence-corrected chi connectivity index (χ1v) is 9.05. The minimum atomic E-state index is -3.17. The Morgan fingerprint density at radius 3 is 2.55 bits per heavy atom. The number of aliphatic hydroxyl groups is 1. The molecule has 0 aliphatic carbocycles. The molecule has 29 heavy (non-hydrogen) atoms. The van der Waals surface area contributed by atoms with Gasteiger partial charge in [-0.3, -0.25) is 9.78 Å². The van der Waals surface area contributed by atoms with Crippen molar-refractivity contribution in [2.75, 3.05) is 19.0 Å². The van der Waals surface area contributed by atoms with Crippen LogP contribution in [0, 0.1) is 5.82 Å². The minimum Gasteiger partial charge on any atom is -0.390 e. The van der Waals surface area contributed by atoms with Gasteiger partial charge in [-0.1, -0.05) is 19.1 Å². The highest BCUT2D eigenvalue weighted by atomic mass is 19.3. The van der Waals surface area contributed by atoms with Gasteiger partial charge in [0.15, 0.2) is 5.65 Å². The van der Waals surface area contributed by atoms with E-state index < -0.39 is 35.5 Å². The second-order valence-electron chi connectivity index (χ2n) is 7.08. The molecule has 0 saturated heterocycles. The summed E-state index contributed by atoms with van der Waals surface area (Å²) in [5.41, 5.74) is -0.486. The maximum Gasteiger partial charge on any atom is 0.270 e. The van der Waals surface area contributed by atoms with Gasteiger partial charge in [0, 0.05) is 32.1 Å². The third-order valence-electron chi connectivity index (χ3n) is 4.74. The van der Waals surface area contributed by atoms with Crippen molar-refractivity contribution in [3.8, 4) is 0 Å². The van der Waals surface area contributed by atoms with Crippen LogP contribution in [0.4, 0.5) is 19.1 Å². The van der Waals surface area contributed by atoms with Crippen LogP contribution in [0.25, 0.3) is 11.0 Å². The molecule has 0 saturated carbocycles. The normalized spacial score (nSPS) is 13.1. The largest absolute Gasteiger partial charge is 0.390 e. The highest BCUT2D eigenvalue weighted by Gasteiger charge is 2.28. The number of alkyl halides is 2. The number of hydrogen-bond donors (Lipinski definition) is 2. The summed E-state index contributed by atoms with van der Waals surface area (Å²) in [6, 6.07) is 2.57. The van der Waals surface area contributed by atoms with Crippen LogP contribution in [0.15, 0.2) is 23.0 Å². The quantitative estimate of drug-likeness (QED) is 0.654. The minimum absolute atomic E-state index is 0.105. The molecule has 2 aromatic heterocycles. The molecule has 156 valence electrons. The summed E-state index contributed by atoms with van der Waals surface area (Å²) in [4.78, 5) is 21.1. The number of nitrogens with zero attached hydrogens (tertiary/aromatic N) is 4. The number of H-pyrrole nitrogens is 1. The molecule has 0 spiro atoms. The molecule has 3 rings (SSSR count). The molecule has 3 aromatic rings. The number of aromatic nitrogens is 4. The third kappa shape index (κ3) is 3.71. The van der Waals surface area contributed by atoms with Gasteiger partial charge in [0.05, 0.1) is 12.6 Å². The molecule has 0 radical (unpaired) electrons. The lowest BCUT2D eigenvalue weighted by Gasteiger charge is -2.20. The maximum absolute atomic E-state index is 14.8. The second kappa shape index (κ2) is 7.51. The fourth-order valence-electron chi connectivity index (χ4n) is 3.24. The molecular formula is C19H22F3N5O2. The molecule has 10 heteroatoms. The SMILES string of the molecule is CC[C@H](c1ccc(C(C)(F)F)cc1F)n1nc(CO)c2c(=O)[nH]c(N(C)C)nc21. The summed E-state index contributed by atoms with van der Waals surface area (Å²) in [7, 11) is 3.39. The van der Waals surface area contributed by atoms with Crippen LogP contribution in [-0.2, 0) is 12.5 Å². The first-order chi connectivity index (χ1) is 13.6. The Labute approximate surface area is 164 Å². The van der Waals surface area contributed by atoms with Gasteiger partial charge < -0.3 is 10.0 Å². The van der Waals surface area contributed by atoms with E-state index in [4.69, 9.17) is 0 Å². The highest BCUT2D eigenvalue weighted by molar-refractivity contribution is 5.78. The predicted octanol–water partition coefficient (Wildman–Crippen LogP) is 2.93. The number of anilines is 1. The summed E-state index contributed by atoms with van der Waals surface area (Å²) in [5.74, 6) is -3.70. The van der Waals surface area contributed by atoms with Gasteiger partial charge in [-0.2, -0.15) is 10.1 Å². The molecule has 2 heterocycles. The lowest BCUT2D eigenvalue weighted by Crippen LogP contribution is -2.20. The van der Waals surface area contributed by atoms with Crippen LogP contribution in [-0.4, -0.2) is 39.0 Å². The van der Waals surface area contributed by atoms with Gasteiger partial charge in [-0.15, -0.1) is 0 Å². The average molecular weight is 409 g/mol. The zero-order chi connectivity index (χ0) is 21.5. The van der Waals surface area contributed by atoms with Gasteiger partial charge in [-0.05, 0) is 12.5 Å². The van der Waals surface area contributed by atoms with E-state index in [2.05, 4.69) is 15.1 Å². The summed E-state index contributed by atoms with van der Waals surface area (Å²) >= 11 is 0. The van der Waals surface area contributed by atoms with Gasteiger partial charge in [0.2, 0.25) is 5.95 Å². The second-order valence-corrected chi connectivity index (χ2v) is 7.08. The number of benzene rings is 1. The molecule has 1 aromatic carbocycles. The van der Waals surface area contributed by atoms with Crippen LogP contribution >= 0.6 is 0 Å². The van der Waals surface area contributed by atoms with Crippen LogP contribution in [0.1, 0.15) is 43.1 Å². The number of halogens is 3. The summed E-state index contributed by atoms with van der Waals surface area (Å²) < 4.78 is 43.2. The molecule has 0 fully saturated rings. The molecule has 0 aliphatic heterocycles. The van der Waals surface area contributed by atoms with Crippen molar-refractivity contribution in [1.29, 1.82) is 0 Å². The smallest absolute Gasteiger partial charge is 0.270 e. The summed E-state index contributed by atoms with van der Waals surface area (Å²) in [6.45, 7) is 1.97. The number of aromatic amines is 1. The lowest BCUT2D eigenvalue weighted by atomic mass is 10.00. The Hall–Kier alpha value is -2.88. The van der Waals surface area contributed by atoms with E-state index in [0.717, 1.165) is 6.07 Å². The number of rotatable bonds is 6. The average Bonchev–Trinajstić information content (AvgIpc) is 3.02. The fourth-order valence-corrected chi connectivity index (χ4v) is 3.24. The van der Waals surface area contributed by atoms with Crippen molar-refractivity contribution in [3.63, 3.8) is 0 Å². The monoisotopic (exact) mass is 409 g/mol. The number of hydrogen-bond acceptors (Lipinski definition) is 5. The topological polar surface area (TPSA) is 87.0 Å². The fraction of sp³-hybridized carbons (Fsp3) is 0.421. The van der Waals surface area contributed by atoms with Gasteiger partial charge in [-0.25, -0.2) is 17.9 Å². The molecule has 0 amide bonds. The van der Waals surface area contributed by atoms with E-state index in [-0.39, 0.29) is 28.2 Å². The Morgan fingerprint density at radius 1 is 1.34 bits per heavy atom. The lowest BCUT2D eigenvalue weighted by molar-refractivity contribution is 0.0171. The molecule has 2 N–H and O–H groups in total. The van der Waals surface area contributed by atoms with Crippen molar-refractivity contribution in [2.24, 2.45) is 0 Å². The van der Waals surface area contributed by atoms with E-state index >= 15 is 0 Å². The van der Waals surface area contributed by atoms with Gasteiger partial charge in [0.1, 0.15) is 16.9 Å². The maximum atomic E-state index is 14.8. The van der Waals surface area contributed by atoms with Crippen LogP contribution < -0.4 is 10.5 Å². The Bertz CT molecular complexity index is 1100. The van der Waals surface area contributed by atoms with Gasteiger partial charge in [0.25, 0.3) is 11.5 Å². The Morgan fingerprint density at radius 2 is 2.03 bits per heavy atom. The molecule has 0 aliphatic rings. The van der Waals surface area contributed by atoms with Crippen LogP contribution in [0.2, 0.25) is 0 Å². The predicted molar refractivity (Wildman–Crippen MR) is 103 cm³/mol. The van der Waals surface area contributed by atoms with E-state index in [1.54, 1.807) is 25.9 Å². The van der Waals surface area contributed by atoms with E-state index in [9.17, 15) is 23.1 Å². The summed E-state index contributed by atoms with van der Waals surface area (Å²) in [5, 5.41) is 14.0. The van der Waals surface area contributed by atoms with Crippen molar-refractivity contribution in [3.05, 3.63) is 51.2 Å². The molecule has 1 atom stereocenters. The van der Waals surface area contributed by atoms with E-state index in [1.807, 2.05) is 0 Å². The standard InChI is InChI=1S/C19H22F3N5O2/c1-5-14(11-7-6-10(8-12(11)20)19(2,21)22)27-16-15(13(9-28)25-27)17(29)24-18(23-16)26(3)4/h6-8,14,28H,5,9H2,1-4H3,(H,23,24,29)/t14-/m1/s1. The molecule has 0 unspecified atom stereocenters. The number of fused-ring (bicyclic) bond motifs is 1. The van der Waals surface area contributed by atoms with Gasteiger partial charge >= 0.3 is 0 Å². The van der Waals surface area contributed by atoms with Crippen molar-refractivity contribution in [1.82, 2.24) is 19.7 Å². The van der Waals surface area contributed by atoms with Crippen LogP contribution in [0.5, 0.6) is 0 Å². The van der Waals surface area contributed by atoms with E-state index in [0.29, 0.717) is 13.3 Å². The third-order valence-corrected chi connectivity index (χ3v) is 4.74. The summed E-state index contributed by atoms with van der Waals surface area (Å²) in [6.07, 6.45) is 0.353. The Balaban J connectivity index is 2.24. The highest BCUT2D eigenvalue weighted by Crippen LogP contribution is 2.32. The van der Waals surface area contributed by atoms with Crippen molar-refractivity contribution < 1.29 is 18.3 Å². The first kappa shape index (κ1) is 20.8. The first-order valence-electron chi connectivity index (χ1n) is 9.05. The molecule has 0 bridgehead atoms. The van der Waals surface area contributed by atoms with Crippen LogP contribution in [0.3, 0.4) is 0 Å². The zero-order valence-corrected chi connectivity index (χ0v) is 16.5.